The lowest BCUT2D eigenvalue weighted by molar-refractivity contribution is 0.107. The van der Waals surface area contributed by atoms with E-state index in [1.54, 1.807) is 6.07 Å². The number of nitrogens with two attached hydrogens (primary N) is 1. The Balaban J connectivity index is 2.21. The van der Waals surface area contributed by atoms with E-state index in [9.17, 15) is 8.42 Å². The fourth-order valence-electron chi connectivity index (χ4n) is 2.63. The minimum atomic E-state index is -3.52. The van der Waals surface area contributed by atoms with Crippen LogP contribution in [0.4, 0.5) is 0 Å². The molecule has 1 fully saturated rings. The van der Waals surface area contributed by atoms with Crippen LogP contribution in [0.25, 0.3) is 0 Å². The van der Waals surface area contributed by atoms with Crippen molar-refractivity contribution in [2.75, 3.05) is 13.2 Å². The molecule has 0 bridgehead atoms. The lowest BCUT2D eigenvalue weighted by Gasteiger charge is -2.17. The Labute approximate surface area is 126 Å². The summed E-state index contributed by atoms with van der Waals surface area (Å²) in [4.78, 5) is 0.328. The molecule has 2 unspecified atom stereocenters. The summed E-state index contributed by atoms with van der Waals surface area (Å²) in [6.07, 6.45) is 0.996. The molecule has 1 heterocycles. The van der Waals surface area contributed by atoms with Crippen LogP contribution < -0.4 is 10.5 Å². The highest BCUT2D eigenvalue weighted by Gasteiger charge is 2.27. The molecule has 2 atom stereocenters. The Bertz CT molecular complexity index is 614. The average Bonchev–Trinajstić information content (AvgIpc) is 2.84. The van der Waals surface area contributed by atoms with Crippen LogP contribution >= 0.6 is 0 Å². The van der Waals surface area contributed by atoms with Crippen LogP contribution in [-0.4, -0.2) is 27.7 Å². The third-order valence-corrected chi connectivity index (χ3v) is 5.82. The monoisotopic (exact) mass is 312 g/mol. The highest BCUT2D eigenvalue weighted by molar-refractivity contribution is 7.89. The van der Waals surface area contributed by atoms with Gasteiger partial charge in [-0.25, -0.2) is 13.1 Å². The molecule has 0 spiro atoms. The predicted octanol–water partition coefficient (Wildman–Crippen LogP) is 1.47. The first kappa shape index (κ1) is 16.4. The van der Waals surface area contributed by atoms with Gasteiger partial charge in [0, 0.05) is 25.6 Å². The average molecular weight is 312 g/mol. The van der Waals surface area contributed by atoms with Gasteiger partial charge in [-0.1, -0.05) is 6.07 Å². The highest BCUT2D eigenvalue weighted by Crippen LogP contribution is 2.23. The number of benzene rings is 1. The molecule has 6 heteroatoms. The van der Waals surface area contributed by atoms with E-state index in [0.717, 1.165) is 23.1 Å². The second kappa shape index (κ2) is 6.44. The van der Waals surface area contributed by atoms with E-state index >= 15 is 0 Å². The predicted molar refractivity (Wildman–Crippen MR) is 82.5 cm³/mol. The van der Waals surface area contributed by atoms with Crippen LogP contribution in [0.15, 0.2) is 17.0 Å². The van der Waals surface area contributed by atoms with Crippen molar-refractivity contribution < 1.29 is 13.2 Å². The van der Waals surface area contributed by atoms with Gasteiger partial charge in [-0.3, -0.25) is 0 Å². The van der Waals surface area contributed by atoms with Gasteiger partial charge in [0.2, 0.25) is 10.0 Å². The molecule has 0 saturated carbocycles. The molecule has 1 aliphatic heterocycles. The Morgan fingerprint density at radius 1 is 1.38 bits per heavy atom. The third-order valence-electron chi connectivity index (χ3n) is 4.27. The zero-order valence-corrected chi connectivity index (χ0v) is 13.7. The standard InChI is InChI=1S/C15H24N2O3S/c1-10-6-13(8-16)7-15(11(10)2)21(18,19)17-9-14-4-5-20-12(14)3/h6-7,12,14,17H,4-5,8-9,16H2,1-3H3. The summed E-state index contributed by atoms with van der Waals surface area (Å²) in [6, 6.07) is 3.60. The maximum absolute atomic E-state index is 12.5. The molecule has 2 rings (SSSR count). The van der Waals surface area contributed by atoms with Crippen molar-refractivity contribution >= 4 is 10.0 Å². The van der Waals surface area contributed by atoms with E-state index in [1.165, 1.54) is 0 Å². The van der Waals surface area contributed by atoms with Crippen molar-refractivity contribution in [1.29, 1.82) is 0 Å². The van der Waals surface area contributed by atoms with Crippen LogP contribution in [-0.2, 0) is 21.3 Å². The molecule has 1 aromatic rings. The minimum Gasteiger partial charge on any atom is -0.378 e. The quantitative estimate of drug-likeness (QED) is 0.862. The first-order valence-electron chi connectivity index (χ1n) is 7.26. The Kier molecular flexibility index (Phi) is 5.03. The number of hydrogen-bond donors (Lipinski definition) is 2. The van der Waals surface area contributed by atoms with Crippen molar-refractivity contribution in [2.45, 2.75) is 44.7 Å². The number of nitrogens with one attached hydrogen (secondary N) is 1. The van der Waals surface area contributed by atoms with E-state index in [2.05, 4.69) is 4.72 Å². The lowest BCUT2D eigenvalue weighted by Crippen LogP contribution is -2.32. The van der Waals surface area contributed by atoms with E-state index in [-0.39, 0.29) is 12.0 Å². The van der Waals surface area contributed by atoms with E-state index in [4.69, 9.17) is 10.5 Å². The van der Waals surface area contributed by atoms with Gasteiger partial charge in [0.05, 0.1) is 11.0 Å². The van der Waals surface area contributed by atoms with Crippen LogP contribution in [0.5, 0.6) is 0 Å². The highest BCUT2D eigenvalue weighted by atomic mass is 32.2. The van der Waals surface area contributed by atoms with Crippen LogP contribution in [0.3, 0.4) is 0 Å². The van der Waals surface area contributed by atoms with Crippen LogP contribution in [0.2, 0.25) is 0 Å². The summed E-state index contributed by atoms with van der Waals surface area (Å²) < 4.78 is 33.3. The van der Waals surface area contributed by atoms with Crippen molar-refractivity contribution in [3.8, 4) is 0 Å². The Morgan fingerprint density at radius 2 is 2.10 bits per heavy atom. The van der Waals surface area contributed by atoms with Crippen molar-refractivity contribution in [2.24, 2.45) is 11.7 Å². The van der Waals surface area contributed by atoms with Crippen molar-refractivity contribution in [3.63, 3.8) is 0 Å². The summed E-state index contributed by atoms with van der Waals surface area (Å²) in [7, 11) is -3.52. The van der Waals surface area contributed by atoms with E-state index in [1.807, 2.05) is 26.8 Å². The van der Waals surface area contributed by atoms with Crippen molar-refractivity contribution in [1.82, 2.24) is 4.72 Å². The summed E-state index contributed by atoms with van der Waals surface area (Å²) in [6.45, 7) is 7.16. The van der Waals surface area contributed by atoms with E-state index in [0.29, 0.717) is 24.6 Å². The molecule has 0 aliphatic carbocycles. The smallest absolute Gasteiger partial charge is 0.240 e. The molecule has 118 valence electrons. The van der Waals surface area contributed by atoms with Gasteiger partial charge in [-0.15, -0.1) is 0 Å². The molecule has 1 aliphatic rings. The van der Waals surface area contributed by atoms with Crippen molar-refractivity contribution in [3.05, 3.63) is 28.8 Å². The SMILES string of the molecule is Cc1cc(CN)cc(S(=O)(=O)NCC2CCOC2C)c1C. The molecule has 5 nitrogen and oxygen atoms in total. The fraction of sp³-hybridized carbons (Fsp3) is 0.600. The molecular weight excluding hydrogens is 288 g/mol. The van der Waals surface area contributed by atoms with E-state index < -0.39 is 10.0 Å². The fourth-order valence-corrected chi connectivity index (χ4v) is 4.09. The second-order valence-corrected chi connectivity index (χ2v) is 7.45. The Hall–Kier alpha value is -0.950. The first-order chi connectivity index (χ1) is 9.85. The number of ether oxygens (including phenoxy) is 1. The number of sulfonamides is 1. The molecule has 1 aromatic carbocycles. The first-order valence-corrected chi connectivity index (χ1v) is 8.75. The number of hydrogen-bond acceptors (Lipinski definition) is 4. The topological polar surface area (TPSA) is 81.4 Å². The number of aryl methyl sites for hydroxylation is 1. The van der Waals surface area contributed by atoms with Gasteiger partial charge in [0.25, 0.3) is 0 Å². The largest absolute Gasteiger partial charge is 0.378 e. The molecule has 3 N–H and O–H groups in total. The van der Waals surface area contributed by atoms with Crippen LogP contribution in [0, 0.1) is 19.8 Å². The summed E-state index contributed by atoms with van der Waals surface area (Å²) in [5, 5.41) is 0. The van der Waals surface area contributed by atoms with Gasteiger partial charge >= 0.3 is 0 Å². The lowest BCUT2D eigenvalue weighted by atomic mass is 10.0. The molecule has 1 saturated heterocycles. The minimum absolute atomic E-state index is 0.103. The maximum atomic E-state index is 12.5. The zero-order chi connectivity index (χ0) is 15.6. The Morgan fingerprint density at radius 3 is 2.67 bits per heavy atom. The molecule has 0 aromatic heterocycles. The molecular formula is C15H24N2O3S. The summed E-state index contributed by atoms with van der Waals surface area (Å²) >= 11 is 0. The van der Waals surface area contributed by atoms with Gasteiger partial charge < -0.3 is 10.5 Å². The van der Waals surface area contributed by atoms with Gasteiger partial charge in [0.15, 0.2) is 0 Å². The second-order valence-electron chi connectivity index (χ2n) is 5.72. The summed E-state index contributed by atoms with van der Waals surface area (Å²) in [5.41, 5.74) is 8.18. The molecule has 0 radical (unpaired) electrons. The molecule has 0 amide bonds. The van der Waals surface area contributed by atoms with Gasteiger partial charge in [-0.05, 0) is 49.9 Å². The summed E-state index contributed by atoms with van der Waals surface area (Å²) in [5.74, 6) is 0.235. The van der Waals surface area contributed by atoms with Gasteiger partial charge in [-0.2, -0.15) is 0 Å². The van der Waals surface area contributed by atoms with Crippen LogP contribution in [0.1, 0.15) is 30.0 Å². The third kappa shape index (κ3) is 3.63. The zero-order valence-electron chi connectivity index (χ0n) is 12.8. The molecule has 21 heavy (non-hydrogen) atoms. The maximum Gasteiger partial charge on any atom is 0.240 e. The normalized spacial score (nSPS) is 22.7. The number of rotatable bonds is 5. The van der Waals surface area contributed by atoms with Gasteiger partial charge in [0.1, 0.15) is 0 Å².